The maximum absolute atomic E-state index is 11.3. The first kappa shape index (κ1) is 17.0. The maximum Gasteiger partial charge on any atom is 0.349 e. The lowest BCUT2D eigenvalue weighted by Gasteiger charge is -2.14. The van der Waals surface area contributed by atoms with E-state index in [1.54, 1.807) is 0 Å². The van der Waals surface area contributed by atoms with Crippen LogP contribution in [0.3, 0.4) is 0 Å². The number of carboxylic acid groups (broad SMARTS) is 1. The van der Waals surface area contributed by atoms with Crippen LogP contribution < -0.4 is 4.74 Å². The van der Waals surface area contributed by atoms with Crippen molar-refractivity contribution in [2.75, 3.05) is 6.61 Å². The molecule has 0 aliphatic rings. The third-order valence-corrected chi connectivity index (χ3v) is 4.67. The van der Waals surface area contributed by atoms with Gasteiger partial charge in [-0.2, -0.15) is 0 Å². The molecule has 0 saturated carbocycles. The fourth-order valence-corrected chi connectivity index (χ4v) is 2.89. The number of thiophene rings is 1. The fourth-order valence-electron chi connectivity index (χ4n) is 1.89. The van der Waals surface area contributed by atoms with E-state index < -0.39 is 5.97 Å². The van der Waals surface area contributed by atoms with Gasteiger partial charge in [-0.1, -0.05) is 53.4 Å². The summed E-state index contributed by atoms with van der Waals surface area (Å²) in [7, 11) is 0. The number of carboxylic acids is 1. The molecule has 0 unspecified atom stereocenters. The summed E-state index contributed by atoms with van der Waals surface area (Å²) in [5.41, 5.74) is -0.0440. The lowest BCUT2D eigenvalue weighted by molar-refractivity contribution is 0.0698. The number of aromatic carboxylic acids is 1. The SMILES string of the molecule is CCCCCCCOc1cc(C(C)(C)C)sc1C(=O)O. The Labute approximate surface area is 126 Å². The summed E-state index contributed by atoms with van der Waals surface area (Å²) in [6.45, 7) is 9.04. The van der Waals surface area contributed by atoms with Gasteiger partial charge >= 0.3 is 5.97 Å². The average molecular weight is 298 g/mol. The molecule has 1 rings (SSSR count). The van der Waals surface area contributed by atoms with Gasteiger partial charge in [0.1, 0.15) is 5.75 Å². The topological polar surface area (TPSA) is 46.5 Å². The van der Waals surface area contributed by atoms with E-state index in [0.717, 1.165) is 17.7 Å². The van der Waals surface area contributed by atoms with Crippen LogP contribution in [0.4, 0.5) is 0 Å². The van der Waals surface area contributed by atoms with Crippen molar-refractivity contribution < 1.29 is 14.6 Å². The van der Waals surface area contributed by atoms with E-state index in [0.29, 0.717) is 17.2 Å². The minimum Gasteiger partial charge on any atom is -0.492 e. The number of hydrogen-bond donors (Lipinski definition) is 1. The summed E-state index contributed by atoms with van der Waals surface area (Å²) >= 11 is 1.32. The minimum atomic E-state index is -0.897. The van der Waals surface area contributed by atoms with Crippen LogP contribution in [-0.4, -0.2) is 17.7 Å². The Bertz CT molecular complexity index is 429. The highest BCUT2D eigenvalue weighted by atomic mass is 32.1. The van der Waals surface area contributed by atoms with Crippen molar-refractivity contribution in [3.05, 3.63) is 15.8 Å². The van der Waals surface area contributed by atoms with E-state index in [-0.39, 0.29) is 5.41 Å². The number of carbonyl (C=O) groups is 1. The van der Waals surface area contributed by atoms with E-state index in [2.05, 4.69) is 27.7 Å². The summed E-state index contributed by atoms with van der Waals surface area (Å²) in [5, 5.41) is 9.25. The summed E-state index contributed by atoms with van der Waals surface area (Å²) in [4.78, 5) is 12.6. The predicted octanol–water partition coefficient (Wildman–Crippen LogP) is 5.09. The third-order valence-electron chi connectivity index (χ3n) is 3.14. The van der Waals surface area contributed by atoms with Crippen molar-refractivity contribution in [3.8, 4) is 5.75 Å². The van der Waals surface area contributed by atoms with E-state index >= 15 is 0 Å². The van der Waals surface area contributed by atoms with Crippen LogP contribution >= 0.6 is 11.3 Å². The predicted molar refractivity (Wildman–Crippen MR) is 84.2 cm³/mol. The van der Waals surface area contributed by atoms with Gasteiger partial charge in [-0.25, -0.2) is 4.79 Å². The summed E-state index contributed by atoms with van der Waals surface area (Å²) in [5.74, 6) is -0.366. The maximum atomic E-state index is 11.3. The van der Waals surface area contributed by atoms with Crippen LogP contribution in [0.5, 0.6) is 5.75 Å². The molecular weight excluding hydrogens is 272 g/mol. The number of hydrogen-bond acceptors (Lipinski definition) is 3. The molecule has 0 aliphatic heterocycles. The lowest BCUT2D eigenvalue weighted by atomic mass is 9.95. The first-order chi connectivity index (χ1) is 9.36. The molecule has 1 aromatic heterocycles. The van der Waals surface area contributed by atoms with Gasteiger partial charge in [-0.3, -0.25) is 0 Å². The molecule has 0 aromatic carbocycles. The summed E-state index contributed by atoms with van der Waals surface area (Å²) in [6.07, 6.45) is 5.84. The van der Waals surface area contributed by atoms with Gasteiger partial charge in [0.25, 0.3) is 0 Å². The Morgan fingerprint density at radius 1 is 1.25 bits per heavy atom. The van der Waals surface area contributed by atoms with Crippen molar-refractivity contribution in [1.82, 2.24) is 0 Å². The van der Waals surface area contributed by atoms with E-state index in [4.69, 9.17) is 4.74 Å². The Morgan fingerprint density at radius 3 is 2.45 bits per heavy atom. The Hall–Kier alpha value is -1.03. The molecule has 4 heteroatoms. The molecule has 0 radical (unpaired) electrons. The van der Waals surface area contributed by atoms with E-state index in [9.17, 15) is 9.90 Å². The molecule has 20 heavy (non-hydrogen) atoms. The second kappa shape index (κ2) is 7.67. The monoisotopic (exact) mass is 298 g/mol. The quantitative estimate of drug-likeness (QED) is 0.680. The molecule has 0 spiro atoms. The van der Waals surface area contributed by atoms with Crippen LogP contribution in [0.1, 0.15) is 74.3 Å². The number of unbranched alkanes of at least 4 members (excludes halogenated alkanes) is 4. The molecule has 0 fully saturated rings. The third kappa shape index (κ3) is 5.16. The van der Waals surface area contributed by atoms with Crippen molar-refractivity contribution >= 4 is 17.3 Å². The fraction of sp³-hybridized carbons (Fsp3) is 0.688. The van der Waals surface area contributed by atoms with Gasteiger partial charge in [0.2, 0.25) is 0 Å². The summed E-state index contributed by atoms with van der Waals surface area (Å²) < 4.78 is 5.68. The molecule has 3 nitrogen and oxygen atoms in total. The van der Waals surface area contributed by atoms with Crippen molar-refractivity contribution in [3.63, 3.8) is 0 Å². The van der Waals surface area contributed by atoms with Crippen LogP contribution in [0.15, 0.2) is 6.07 Å². The number of ether oxygens (including phenoxy) is 1. The normalized spacial score (nSPS) is 11.6. The molecule has 0 atom stereocenters. The zero-order valence-corrected chi connectivity index (χ0v) is 13.8. The molecule has 114 valence electrons. The standard InChI is InChI=1S/C16H26O3S/c1-5-6-7-8-9-10-19-12-11-13(16(2,3)4)20-14(12)15(17)18/h11H,5-10H2,1-4H3,(H,17,18). The molecule has 1 aromatic rings. The molecule has 0 amide bonds. The van der Waals surface area contributed by atoms with Crippen molar-refractivity contribution in [2.45, 2.75) is 65.2 Å². The van der Waals surface area contributed by atoms with Gasteiger partial charge in [0.05, 0.1) is 6.61 Å². The Kier molecular flexibility index (Phi) is 6.53. The highest BCUT2D eigenvalue weighted by Crippen LogP contribution is 2.36. The van der Waals surface area contributed by atoms with Crippen molar-refractivity contribution in [1.29, 1.82) is 0 Å². The van der Waals surface area contributed by atoms with E-state index in [1.807, 2.05) is 6.07 Å². The van der Waals surface area contributed by atoms with Gasteiger partial charge in [-0.15, -0.1) is 11.3 Å². The highest BCUT2D eigenvalue weighted by molar-refractivity contribution is 7.14. The largest absolute Gasteiger partial charge is 0.492 e. The molecule has 1 heterocycles. The summed E-state index contributed by atoms with van der Waals surface area (Å²) in [6, 6.07) is 1.89. The smallest absolute Gasteiger partial charge is 0.349 e. The zero-order valence-electron chi connectivity index (χ0n) is 13.0. The van der Waals surface area contributed by atoms with Gasteiger partial charge in [-0.05, 0) is 17.9 Å². The first-order valence-electron chi connectivity index (χ1n) is 7.36. The van der Waals surface area contributed by atoms with Gasteiger partial charge in [0.15, 0.2) is 4.88 Å². The highest BCUT2D eigenvalue weighted by Gasteiger charge is 2.23. The van der Waals surface area contributed by atoms with Gasteiger partial charge < -0.3 is 9.84 Å². The molecular formula is C16H26O3S. The zero-order chi connectivity index (χ0) is 15.2. The number of rotatable bonds is 8. The van der Waals surface area contributed by atoms with Crippen LogP contribution in [-0.2, 0) is 5.41 Å². The Morgan fingerprint density at radius 2 is 1.90 bits per heavy atom. The second-order valence-corrected chi connectivity index (χ2v) is 7.17. The first-order valence-corrected chi connectivity index (χ1v) is 8.18. The molecule has 0 aliphatic carbocycles. The second-order valence-electron chi connectivity index (χ2n) is 6.12. The molecule has 1 N–H and O–H groups in total. The van der Waals surface area contributed by atoms with Crippen molar-refractivity contribution in [2.24, 2.45) is 0 Å². The molecule has 0 bridgehead atoms. The lowest BCUT2D eigenvalue weighted by Crippen LogP contribution is -2.08. The van der Waals surface area contributed by atoms with Crippen LogP contribution in [0, 0.1) is 0 Å². The van der Waals surface area contributed by atoms with Crippen LogP contribution in [0.25, 0.3) is 0 Å². The average Bonchev–Trinajstić information content (AvgIpc) is 2.77. The minimum absolute atomic E-state index is 0.0440. The van der Waals surface area contributed by atoms with E-state index in [1.165, 1.54) is 30.6 Å². The Balaban J connectivity index is 2.60. The molecule has 0 saturated heterocycles. The van der Waals surface area contributed by atoms with Crippen LogP contribution in [0.2, 0.25) is 0 Å². The van der Waals surface area contributed by atoms with Gasteiger partial charge in [0, 0.05) is 4.88 Å².